The SMILES string of the molecule is N[N+](=O)c1c[c]cc(O)c1. The third kappa shape index (κ3) is 1.22. The normalized spacial score (nSPS) is 9.20. The van der Waals surface area contributed by atoms with E-state index in [1.807, 2.05) is 0 Å². The van der Waals surface area contributed by atoms with Crippen molar-refractivity contribution < 1.29 is 9.98 Å². The number of nitroso groups, excluding NO2 is 1. The molecule has 0 aliphatic carbocycles. The fourth-order valence-electron chi connectivity index (χ4n) is 0.575. The standard InChI is InChI=1S/C6H5N2O2/c7-8(10)5-2-1-3-6(9)4-5/h2-4H,(H2-,7,9,10)/p+1. The molecular formula is C6H6N2O2+. The van der Waals surface area contributed by atoms with Crippen LogP contribution >= 0.6 is 0 Å². The molecule has 0 unspecified atom stereocenters. The molecule has 4 heteroatoms. The number of hydrogen-bond acceptors (Lipinski definition) is 2. The number of phenols is 1. The smallest absolute Gasteiger partial charge is 0.295 e. The molecule has 0 saturated carbocycles. The van der Waals surface area contributed by atoms with Crippen molar-refractivity contribution in [2.45, 2.75) is 0 Å². The lowest BCUT2D eigenvalue weighted by Gasteiger charge is -1.86. The van der Waals surface area contributed by atoms with Gasteiger partial charge in [-0.25, -0.2) is 0 Å². The van der Waals surface area contributed by atoms with Crippen molar-refractivity contribution >= 4 is 5.69 Å². The maximum absolute atomic E-state index is 10.4. The van der Waals surface area contributed by atoms with Gasteiger partial charge in [-0.15, -0.1) is 0 Å². The van der Waals surface area contributed by atoms with Crippen molar-refractivity contribution in [2.24, 2.45) is 5.84 Å². The number of hydrogen-bond donors (Lipinski definition) is 2. The van der Waals surface area contributed by atoms with Gasteiger partial charge in [0.2, 0.25) is 0 Å². The van der Waals surface area contributed by atoms with Gasteiger partial charge >= 0.3 is 0 Å². The molecule has 1 radical (unpaired) electrons. The average molecular weight is 138 g/mol. The second kappa shape index (κ2) is 2.34. The zero-order chi connectivity index (χ0) is 7.56. The molecular weight excluding hydrogens is 132 g/mol. The van der Waals surface area contributed by atoms with Gasteiger partial charge < -0.3 is 5.11 Å². The molecule has 3 N–H and O–H groups in total. The highest BCUT2D eigenvalue weighted by molar-refractivity contribution is 5.35. The summed E-state index contributed by atoms with van der Waals surface area (Å²) in [6.07, 6.45) is 0. The number of aromatic hydroxyl groups is 1. The van der Waals surface area contributed by atoms with Crippen LogP contribution in [0.4, 0.5) is 5.69 Å². The Balaban J connectivity index is 3.07. The van der Waals surface area contributed by atoms with E-state index < -0.39 is 0 Å². The molecule has 0 amide bonds. The summed E-state index contributed by atoms with van der Waals surface area (Å²) in [6.45, 7) is 0. The number of phenolic OH excluding ortho intramolecular Hbond substituents is 1. The summed E-state index contributed by atoms with van der Waals surface area (Å²) in [6, 6.07) is 6.51. The zero-order valence-electron chi connectivity index (χ0n) is 5.11. The van der Waals surface area contributed by atoms with Gasteiger partial charge in [0.05, 0.1) is 11.0 Å². The van der Waals surface area contributed by atoms with Crippen LogP contribution in [0.15, 0.2) is 18.2 Å². The van der Waals surface area contributed by atoms with Gasteiger partial charge in [0.1, 0.15) is 5.75 Å². The first-order valence-electron chi connectivity index (χ1n) is 2.62. The second-order valence-electron chi connectivity index (χ2n) is 1.78. The lowest BCUT2D eigenvalue weighted by Crippen LogP contribution is -2.08. The van der Waals surface area contributed by atoms with Gasteiger partial charge in [-0.2, -0.15) is 5.84 Å². The molecule has 1 rings (SSSR count). The Morgan fingerprint density at radius 1 is 1.60 bits per heavy atom. The van der Waals surface area contributed by atoms with Crippen LogP contribution in [0.1, 0.15) is 0 Å². The van der Waals surface area contributed by atoms with E-state index in [4.69, 9.17) is 10.9 Å². The minimum atomic E-state index is -0.0243. The highest BCUT2D eigenvalue weighted by Gasteiger charge is 2.07. The third-order valence-electron chi connectivity index (χ3n) is 1.01. The minimum absolute atomic E-state index is 0.0243. The lowest BCUT2D eigenvalue weighted by molar-refractivity contribution is -0.474. The summed E-state index contributed by atoms with van der Waals surface area (Å²) in [7, 11) is 0. The molecule has 0 bridgehead atoms. The van der Waals surface area contributed by atoms with Gasteiger partial charge in [0.15, 0.2) is 4.87 Å². The molecule has 10 heavy (non-hydrogen) atoms. The summed E-state index contributed by atoms with van der Waals surface area (Å²) in [4.78, 5) is 10.5. The molecule has 51 valence electrons. The number of nitrogens with zero attached hydrogens (tertiary/aromatic N) is 1. The summed E-state index contributed by atoms with van der Waals surface area (Å²) in [5, 5.41) is 8.81. The first kappa shape index (κ1) is 6.54. The predicted molar refractivity (Wildman–Crippen MR) is 34.4 cm³/mol. The van der Waals surface area contributed by atoms with E-state index in [1.165, 1.54) is 18.2 Å². The van der Waals surface area contributed by atoms with Crippen molar-refractivity contribution in [1.82, 2.24) is 0 Å². The molecule has 4 nitrogen and oxygen atoms in total. The number of rotatable bonds is 1. The predicted octanol–water partition coefficient (Wildman–Crippen LogP) is 0.476. The second-order valence-corrected chi connectivity index (χ2v) is 1.78. The Kier molecular flexibility index (Phi) is 1.53. The summed E-state index contributed by atoms with van der Waals surface area (Å²) < 4.78 is 0. The van der Waals surface area contributed by atoms with Crippen molar-refractivity contribution in [3.63, 3.8) is 0 Å². The van der Waals surface area contributed by atoms with E-state index in [2.05, 4.69) is 6.07 Å². The van der Waals surface area contributed by atoms with E-state index in [0.717, 1.165) is 0 Å². The van der Waals surface area contributed by atoms with Crippen molar-refractivity contribution in [2.75, 3.05) is 0 Å². The summed E-state index contributed by atoms with van der Waals surface area (Å²) in [5.41, 5.74) is 0.181. The molecule has 0 atom stereocenters. The van der Waals surface area contributed by atoms with Crippen molar-refractivity contribution in [3.05, 3.63) is 29.2 Å². The first-order valence-corrected chi connectivity index (χ1v) is 2.62. The molecule has 0 heterocycles. The van der Waals surface area contributed by atoms with Gasteiger partial charge in [0.25, 0.3) is 5.69 Å². The van der Waals surface area contributed by atoms with E-state index in [-0.39, 0.29) is 16.3 Å². The number of benzene rings is 1. The van der Waals surface area contributed by atoms with Gasteiger partial charge in [0, 0.05) is 6.07 Å². The molecule has 1 aromatic rings. The topological polar surface area (TPSA) is 66.3 Å². The Morgan fingerprint density at radius 2 is 2.30 bits per heavy atom. The van der Waals surface area contributed by atoms with Gasteiger partial charge in [-0.1, -0.05) is 0 Å². The van der Waals surface area contributed by atoms with Crippen LogP contribution in [0.2, 0.25) is 0 Å². The van der Waals surface area contributed by atoms with E-state index >= 15 is 0 Å². The Bertz CT molecular complexity index is 260. The lowest BCUT2D eigenvalue weighted by atomic mass is 10.3. The molecule has 1 aromatic carbocycles. The minimum Gasteiger partial charge on any atom is -0.508 e. The number of nitrogens with two attached hydrogens (primary N) is 1. The summed E-state index contributed by atoms with van der Waals surface area (Å²) in [5.74, 6) is 4.80. The van der Waals surface area contributed by atoms with Crippen molar-refractivity contribution in [3.8, 4) is 5.75 Å². The Labute approximate surface area is 57.4 Å². The summed E-state index contributed by atoms with van der Waals surface area (Å²) >= 11 is 0. The number of hydrazine groups is 1. The molecule has 0 spiro atoms. The Morgan fingerprint density at radius 3 is 2.70 bits per heavy atom. The van der Waals surface area contributed by atoms with E-state index in [0.29, 0.717) is 0 Å². The van der Waals surface area contributed by atoms with Crippen LogP contribution in [0, 0.1) is 11.0 Å². The third-order valence-corrected chi connectivity index (χ3v) is 1.01. The highest BCUT2D eigenvalue weighted by Crippen LogP contribution is 2.15. The highest BCUT2D eigenvalue weighted by atomic mass is 16.3. The Hall–Kier alpha value is -1.58. The quantitative estimate of drug-likeness (QED) is 0.337. The molecule has 0 fully saturated rings. The largest absolute Gasteiger partial charge is 0.508 e. The van der Waals surface area contributed by atoms with Crippen LogP contribution in [-0.2, 0) is 0 Å². The van der Waals surface area contributed by atoms with Crippen LogP contribution in [0.3, 0.4) is 0 Å². The average Bonchev–Trinajstić information content (AvgIpc) is 1.88. The van der Waals surface area contributed by atoms with E-state index in [1.54, 1.807) is 0 Å². The van der Waals surface area contributed by atoms with Gasteiger partial charge in [-0.3, -0.25) is 0 Å². The van der Waals surface area contributed by atoms with Gasteiger partial charge in [-0.05, 0) is 12.1 Å². The molecule has 0 aromatic heterocycles. The fraction of sp³-hybridized carbons (Fsp3) is 0. The molecule has 0 aliphatic heterocycles. The fourth-order valence-corrected chi connectivity index (χ4v) is 0.575. The van der Waals surface area contributed by atoms with Crippen LogP contribution < -0.4 is 5.84 Å². The monoisotopic (exact) mass is 138 g/mol. The van der Waals surface area contributed by atoms with Crippen LogP contribution in [0.5, 0.6) is 5.75 Å². The van der Waals surface area contributed by atoms with Crippen LogP contribution in [-0.4, -0.2) is 9.98 Å². The van der Waals surface area contributed by atoms with E-state index in [9.17, 15) is 4.91 Å². The maximum atomic E-state index is 10.4. The molecule has 0 aliphatic rings. The zero-order valence-corrected chi connectivity index (χ0v) is 5.11. The maximum Gasteiger partial charge on any atom is 0.295 e. The first-order chi connectivity index (χ1) is 4.70. The van der Waals surface area contributed by atoms with Crippen molar-refractivity contribution in [1.29, 1.82) is 0 Å². The van der Waals surface area contributed by atoms with Crippen LogP contribution in [0.25, 0.3) is 0 Å². The molecule has 0 saturated heterocycles.